The SMILES string of the molecule is CC1CCCN(c2ccc(C(C)NC(=O)C3CCCN(Cc4nc(-c5ccc(F)cc5)no4)C3)cc2)C1. The molecule has 0 aliphatic carbocycles. The smallest absolute Gasteiger partial charge is 0.241 e. The van der Waals surface area contributed by atoms with Gasteiger partial charge < -0.3 is 14.7 Å². The van der Waals surface area contributed by atoms with E-state index in [0.29, 0.717) is 30.4 Å². The summed E-state index contributed by atoms with van der Waals surface area (Å²) >= 11 is 0. The number of hydrogen-bond donors (Lipinski definition) is 1. The third kappa shape index (κ3) is 6.36. The number of carbonyl (C=O) groups excluding carboxylic acids is 1. The fourth-order valence-corrected chi connectivity index (χ4v) is 5.45. The van der Waals surface area contributed by atoms with Crippen LogP contribution in [0.1, 0.15) is 57.0 Å². The summed E-state index contributed by atoms with van der Waals surface area (Å²) in [6.45, 7) is 8.61. The second kappa shape index (κ2) is 11.4. The van der Waals surface area contributed by atoms with E-state index in [1.54, 1.807) is 12.1 Å². The molecule has 8 heteroatoms. The minimum absolute atomic E-state index is 0.0496. The van der Waals surface area contributed by atoms with Crippen LogP contribution in [-0.2, 0) is 11.3 Å². The Morgan fingerprint density at radius 1 is 1.08 bits per heavy atom. The lowest BCUT2D eigenvalue weighted by atomic mass is 9.96. The van der Waals surface area contributed by atoms with Gasteiger partial charge in [0.1, 0.15) is 5.82 Å². The summed E-state index contributed by atoms with van der Waals surface area (Å²) in [5.41, 5.74) is 3.09. The fraction of sp³-hybridized carbons (Fsp3) is 0.483. The van der Waals surface area contributed by atoms with Crippen LogP contribution < -0.4 is 10.2 Å². The number of nitrogens with zero attached hydrogens (tertiary/aromatic N) is 4. The van der Waals surface area contributed by atoms with Gasteiger partial charge >= 0.3 is 0 Å². The third-order valence-corrected chi connectivity index (χ3v) is 7.58. The zero-order valence-electron chi connectivity index (χ0n) is 21.7. The first-order valence-corrected chi connectivity index (χ1v) is 13.4. The first kappa shape index (κ1) is 25.4. The van der Waals surface area contributed by atoms with Gasteiger partial charge in [-0.05, 0) is 87.0 Å². The van der Waals surface area contributed by atoms with Gasteiger partial charge in [0.05, 0.1) is 18.5 Å². The lowest BCUT2D eigenvalue weighted by Gasteiger charge is -2.33. The van der Waals surface area contributed by atoms with Crippen molar-refractivity contribution < 1.29 is 13.7 Å². The average Bonchev–Trinajstić information content (AvgIpc) is 3.37. The van der Waals surface area contributed by atoms with Crippen molar-refractivity contribution in [2.24, 2.45) is 11.8 Å². The summed E-state index contributed by atoms with van der Waals surface area (Å²) in [6.07, 6.45) is 4.36. The molecule has 0 bridgehead atoms. The minimum atomic E-state index is -0.302. The first-order chi connectivity index (χ1) is 17.9. The maximum atomic E-state index is 13.2. The highest BCUT2D eigenvalue weighted by Gasteiger charge is 2.28. The highest BCUT2D eigenvalue weighted by atomic mass is 19.1. The highest BCUT2D eigenvalue weighted by Crippen LogP contribution is 2.26. The Labute approximate surface area is 218 Å². The maximum Gasteiger partial charge on any atom is 0.241 e. The number of likely N-dealkylation sites (tertiary alicyclic amines) is 1. The number of piperidine rings is 2. The number of amides is 1. The zero-order chi connectivity index (χ0) is 25.8. The van der Waals surface area contributed by atoms with Crippen LogP contribution in [0.15, 0.2) is 53.1 Å². The Kier molecular flexibility index (Phi) is 7.84. The van der Waals surface area contributed by atoms with E-state index >= 15 is 0 Å². The van der Waals surface area contributed by atoms with E-state index in [9.17, 15) is 9.18 Å². The largest absolute Gasteiger partial charge is 0.371 e. The van der Waals surface area contributed by atoms with Gasteiger partial charge in [0.25, 0.3) is 0 Å². The van der Waals surface area contributed by atoms with Crippen LogP contribution in [0.3, 0.4) is 0 Å². The Hall–Kier alpha value is -3.26. The van der Waals surface area contributed by atoms with Crippen LogP contribution in [0.5, 0.6) is 0 Å². The monoisotopic (exact) mass is 505 g/mol. The number of hydrogen-bond acceptors (Lipinski definition) is 6. The molecule has 1 aromatic heterocycles. The van der Waals surface area contributed by atoms with E-state index in [2.05, 4.69) is 56.4 Å². The molecule has 2 aliphatic rings. The van der Waals surface area contributed by atoms with Crippen molar-refractivity contribution in [1.82, 2.24) is 20.4 Å². The van der Waals surface area contributed by atoms with Crippen LogP contribution in [0.4, 0.5) is 10.1 Å². The second-order valence-electron chi connectivity index (χ2n) is 10.6. The molecule has 2 aliphatic heterocycles. The number of halogens is 1. The average molecular weight is 506 g/mol. The molecule has 1 amide bonds. The zero-order valence-corrected chi connectivity index (χ0v) is 21.7. The molecule has 0 radical (unpaired) electrons. The third-order valence-electron chi connectivity index (χ3n) is 7.58. The molecule has 3 aromatic rings. The Bertz CT molecular complexity index is 1180. The number of carbonyl (C=O) groups is 1. The van der Waals surface area contributed by atoms with Crippen molar-refractivity contribution >= 4 is 11.6 Å². The summed E-state index contributed by atoms with van der Waals surface area (Å²) in [4.78, 5) is 22.2. The van der Waals surface area contributed by atoms with Crippen molar-refractivity contribution in [3.8, 4) is 11.4 Å². The van der Waals surface area contributed by atoms with E-state index in [4.69, 9.17) is 4.52 Å². The molecule has 0 saturated carbocycles. The Morgan fingerprint density at radius 3 is 2.59 bits per heavy atom. The highest BCUT2D eigenvalue weighted by molar-refractivity contribution is 5.79. The maximum absolute atomic E-state index is 13.2. The van der Waals surface area contributed by atoms with Gasteiger partial charge in [-0.2, -0.15) is 4.98 Å². The molecule has 3 atom stereocenters. The summed E-state index contributed by atoms with van der Waals surface area (Å²) in [6, 6.07) is 14.6. The molecule has 1 N–H and O–H groups in total. The molecule has 3 heterocycles. The van der Waals surface area contributed by atoms with Gasteiger partial charge in [-0.1, -0.05) is 24.2 Å². The number of aromatic nitrogens is 2. The topological polar surface area (TPSA) is 74.5 Å². The molecule has 3 unspecified atom stereocenters. The van der Waals surface area contributed by atoms with Crippen LogP contribution in [-0.4, -0.2) is 47.1 Å². The van der Waals surface area contributed by atoms with Gasteiger partial charge in [-0.15, -0.1) is 0 Å². The summed E-state index contributed by atoms with van der Waals surface area (Å²) in [5, 5.41) is 7.26. The van der Waals surface area contributed by atoms with Crippen molar-refractivity contribution in [1.29, 1.82) is 0 Å². The standard InChI is InChI=1S/C29H36FN5O2/c1-20-5-3-16-35(17-20)26-13-9-22(10-14-26)21(2)31-29(36)24-6-4-15-34(18-24)19-27-32-28(33-37-27)23-7-11-25(30)12-8-23/h7-14,20-21,24H,3-6,15-19H2,1-2H3,(H,31,36). The Balaban J connectivity index is 1.14. The van der Waals surface area contributed by atoms with E-state index in [1.165, 1.54) is 30.7 Å². The van der Waals surface area contributed by atoms with E-state index in [0.717, 1.165) is 44.0 Å². The summed E-state index contributed by atoms with van der Waals surface area (Å²) in [5.74, 6) is 1.38. The fourth-order valence-electron chi connectivity index (χ4n) is 5.45. The van der Waals surface area contributed by atoms with Crippen LogP contribution >= 0.6 is 0 Å². The van der Waals surface area contributed by atoms with Crippen molar-refractivity contribution in [3.05, 3.63) is 65.8 Å². The van der Waals surface area contributed by atoms with Crippen molar-refractivity contribution in [3.63, 3.8) is 0 Å². The van der Waals surface area contributed by atoms with Crippen molar-refractivity contribution in [2.45, 2.75) is 52.1 Å². The lowest BCUT2D eigenvalue weighted by molar-refractivity contribution is -0.127. The van der Waals surface area contributed by atoms with E-state index in [1.807, 2.05) is 6.92 Å². The summed E-state index contributed by atoms with van der Waals surface area (Å²) in [7, 11) is 0. The van der Waals surface area contributed by atoms with Gasteiger partial charge in [0.15, 0.2) is 0 Å². The molecule has 7 nitrogen and oxygen atoms in total. The molecular formula is C29H36FN5O2. The van der Waals surface area contributed by atoms with Gasteiger partial charge in [0.2, 0.25) is 17.6 Å². The molecule has 196 valence electrons. The molecule has 5 rings (SSSR count). The molecular weight excluding hydrogens is 469 g/mol. The molecule has 37 heavy (non-hydrogen) atoms. The molecule has 2 fully saturated rings. The summed E-state index contributed by atoms with van der Waals surface area (Å²) < 4.78 is 18.6. The van der Waals surface area contributed by atoms with E-state index < -0.39 is 0 Å². The second-order valence-corrected chi connectivity index (χ2v) is 10.6. The normalized spacial score (nSPS) is 21.5. The van der Waals surface area contributed by atoms with Gasteiger partial charge in [0, 0.05) is 30.9 Å². The number of anilines is 1. The molecule has 2 saturated heterocycles. The predicted molar refractivity (Wildman–Crippen MR) is 141 cm³/mol. The quantitative estimate of drug-likeness (QED) is 0.476. The van der Waals surface area contributed by atoms with Crippen molar-refractivity contribution in [2.75, 3.05) is 31.1 Å². The molecule has 0 spiro atoms. The predicted octanol–water partition coefficient (Wildman–Crippen LogP) is 5.20. The number of nitrogens with one attached hydrogen (secondary N) is 1. The molecule has 2 aromatic carbocycles. The van der Waals surface area contributed by atoms with E-state index in [-0.39, 0.29) is 23.7 Å². The number of rotatable bonds is 7. The number of benzene rings is 2. The minimum Gasteiger partial charge on any atom is -0.371 e. The van der Waals surface area contributed by atoms with Crippen LogP contribution in [0.2, 0.25) is 0 Å². The lowest BCUT2D eigenvalue weighted by Crippen LogP contribution is -2.43. The Morgan fingerprint density at radius 2 is 1.84 bits per heavy atom. The van der Waals surface area contributed by atoms with Crippen LogP contribution in [0, 0.1) is 17.7 Å². The van der Waals surface area contributed by atoms with Gasteiger partial charge in [-0.25, -0.2) is 4.39 Å². The van der Waals surface area contributed by atoms with Crippen LogP contribution in [0.25, 0.3) is 11.4 Å². The van der Waals surface area contributed by atoms with Gasteiger partial charge in [-0.3, -0.25) is 9.69 Å². The first-order valence-electron chi connectivity index (χ1n) is 13.4.